The van der Waals surface area contributed by atoms with Crippen molar-refractivity contribution in [2.24, 2.45) is 0 Å². The van der Waals surface area contributed by atoms with Crippen LogP contribution in [0, 0.1) is 18.6 Å². The van der Waals surface area contributed by atoms with Crippen LogP contribution in [-0.4, -0.2) is 13.0 Å². The lowest BCUT2D eigenvalue weighted by Crippen LogP contribution is -2.22. The average molecular weight is 296 g/mol. The molecule has 0 bridgehead atoms. The molecular weight excluding hydrogens is 282 g/mol. The van der Waals surface area contributed by atoms with Gasteiger partial charge in [-0.1, -0.05) is 0 Å². The van der Waals surface area contributed by atoms with Gasteiger partial charge in [-0.15, -0.1) is 11.3 Å². The van der Waals surface area contributed by atoms with Gasteiger partial charge in [0.1, 0.15) is 17.3 Å². The molecule has 2 N–H and O–H groups in total. The van der Waals surface area contributed by atoms with Crippen LogP contribution in [-0.2, 0) is 6.54 Å². The van der Waals surface area contributed by atoms with Crippen LogP contribution < -0.4 is 10.6 Å². The number of rotatable bonds is 4. The fourth-order valence-corrected chi connectivity index (χ4v) is 2.62. The van der Waals surface area contributed by atoms with E-state index in [0.717, 1.165) is 21.9 Å². The van der Waals surface area contributed by atoms with Gasteiger partial charge in [-0.3, -0.25) is 4.79 Å². The lowest BCUT2D eigenvalue weighted by atomic mass is 10.1. The molecule has 0 fully saturated rings. The summed E-state index contributed by atoms with van der Waals surface area (Å²) < 4.78 is 27.1. The van der Waals surface area contributed by atoms with Gasteiger partial charge in [0.25, 0.3) is 5.91 Å². The number of hydrogen-bond donors (Lipinski definition) is 2. The molecule has 106 valence electrons. The zero-order valence-corrected chi connectivity index (χ0v) is 11.9. The third-order valence-corrected chi connectivity index (χ3v) is 3.77. The molecule has 2 rings (SSSR count). The number of carbonyl (C=O) groups is 1. The molecule has 0 aliphatic carbocycles. The molecule has 0 unspecified atom stereocenters. The Morgan fingerprint density at radius 1 is 1.25 bits per heavy atom. The second-order valence-corrected chi connectivity index (χ2v) is 5.63. The lowest BCUT2D eigenvalue weighted by molar-refractivity contribution is 0.0950. The van der Waals surface area contributed by atoms with Gasteiger partial charge in [-0.25, -0.2) is 8.78 Å². The van der Waals surface area contributed by atoms with Crippen LogP contribution in [0.4, 0.5) is 14.5 Å². The Hall–Kier alpha value is -1.95. The van der Waals surface area contributed by atoms with Crippen molar-refractivity contribution in [3.05, 3.63) is 51.2 Å². The van der Waals surface area contributed by atoms with Crippen molar-refractivity contribution in [3.8, 4) is 0 Å². The van der Waals surface area contributed by atoms with Gasteiger partial charge < -0.3 is 10.6 Å². The van der Waals surface area contributed by atoms with E-state index >= 15 is 0 Å². The maximum atomic E-state index is 13.6. The van der Waals surface area contributed by atoms with Crippen LogP contribution in [0.25, 0.3) is 0 Å². The summed E-state index contributed by atoms with van der Waals surface area (Å²) in [5, 5.41) is 5.05. The summed E-state index contributed by atoms with van der Waals surface area (Å²) in [5.41, 5.74) is -0.275. The summed E-state index contributed by atoms with van der Waals surface area (Å²) in [7, 11) is 1.42. The van der Waals surface area contributed by atoms with E-state index in [1.165, 1.54) is 7.05 Å². The van der Waals surface area contributed by atoms with Crippen molar-refractivity contribution >= 4 is 22.9 Å². The van der Waals surface area contributed by atoms with E-state index in [4.69, 9.17) is 0 Å². The molecule has 0 aliphatic rings. The molecule has 0 saturated carbocycles. The van der Waals surface area contributed by atoms with Crippen LogP contribution in [0.5, 0.6) is 0 Å². The SMILES string of the molecule is CNc1c(F)cc(C(=O)NCc2ccc(C)s2)cc1F. The Bertz CT molecular complexity index is 617. The Balaban J connectivity index is 2.09. The van der Waals surface area contributed by atoms with Crippen LogP contribution >= 0.6 is 11.3 Å². The Labute approximate surface area is 119 Å². The molecule has 1 amide bonds. The highest BCUT2D eigenvalue weighted by atomic mass is 32.1. The number of carbonyl (C=O) groups excluding carboxylic acids is 1. The van der Waals surface area contributed by atoms with Gasteiger partial charge in [0, 0.05) is 22.4 Å². The van der Waals surface area contributed by atoms with Crippen molar-refractivity contribution in [1.29, 1.82) is 0 Å². The first kappa shape index (κ1) is 14.5. The molecule has 1 aromatic carbocycles. The van der Waals surface area contributed by atoms with Crippen molar-refractivity contribution < 1.29 is 13.6 Å². The van der Waals surface area contributed by atoms with E-state index < -0.39 is 17.5 Å². The fraction of sp³-hybridized carbons (Fsp3) is 0.214. The monoisotopic (exact) mass is 296 g/mol. The molecule has 1 heterocycles. The van der Waals surface area contributed by atoms with Crippen LogP contribution in [0.1, 0.15) is 20.1 Å². The normalized spacial score (nSPS) is 10.4. The summed E-state index contributed by atoms with van der Waals surface area (Å²) >= 11 is 1.56. The zero-order valence-electron chi connectivity index (χ0n) is 11.1. The average Bonchev–Trinajstić information content (AvgIpc) is 2.81. The first-order chi connectivity index (χ1) is 9.51. The van der Waals surface area contributed by atoms with Gasteiger partial charge in [0.2, 0.25) is 0 Å². The number of hydrogen-bond acceptors (Lipinski definition) is 3. The largest absolute Gasteiger partial charge is 0.383 e. The maximum Gasteiger partial charge on any atom is 0.251 e. The van der Waals surface area contributed by atoms with E-state index in [2.05, 4.69) is 10.6 Å². The number of benzene rings is 1. The van der Waals surface area contributed by atoms with Crippen molar-refractivity contribution in [1.82, 2.24) is 5.32 Å². The molecule has 20 heavy (non-hydrogen) atoms. The lowest BCUT2D eigenvalue weighted by Gasteiger charge is -2.08. The highest BCUT2D eigenvalue weighted by molar-refractivity contribution is 7.11. The quantitative estimate of drug-likeness (QED) is 0.909. The third-order valence-electron chi connectivity index (χ3n) is 2.77. The van der Waals surface area contributed by atoms with E-state index in [0.29, 0.717) is 6.54 Å². The van der Waals surface area contributed by atoms with E-state index in [9.17, 15) is 13.6 Å². The predicted octanol–water partition coefficient (Wildman–Crippen LogP) is 3.31. The number of nitrogens with one attached hydrogen (secondary N) is 2. The van der Waals surface area contributed by atoms with Crippen molar-refractivity contribution in [3.63, 3.8) is 0 Å². The van der Waals surface area contributed by atoms with E-state index in [1.807, 2.05) is 19.1 Å². The van der Waals surface area contributed by atoms with Gasteiger partial charge >= 0.3 is 0 Å². The summed E-state index contributed by atoms with van der Waals surface area (Å²) in [4.78, 5) is 14.0. The number of amides is 1. The van der Waals surface area contributed by atoms with Gasteiger partial charge in [0.05, 0.1) is 6.54 Å². The second kappa shape index (κ2) is 6.00. The Morgan fingerprint density at radius 3 is 2.40 bits per heavy atom. The predicted molar refractivity (Wildman–Crippen MR) is 76.1 cm³/mol. The minimum atomic E-state index is -0.787. The first-order valence-corrected chi connectivity index (χ1v) is 6.83. The molecule has 6 heteroatoms. The van der Waals surface area contributed by atoms with Crippen LogP contribution in [0.3, 0.4) is 0 Å². The molecule has 0 saturated heterocycles. The molecule has 3 nitrogen and oxygen atoms in total. The van der Waals surface area contributed by atoms with Crippen LogP contribution in [0.15, 0.2) is 24.3 Å². The van der Waals surface area contributed by atoms with Gasteiger partial charge in [-0.05, 0) is 31.2 Å². The second-order valence-electron chi connectivity index (χ2n) is 4.26. The molecule has 0 spiro atoms. The maximum absolute atomic E-state index is 13.6. The molecule has 0 aliphatic heterocycles. The van der Waals surface area contributed by atoms with E-state index in [1.54, 1.807) is 11.3 Å². The summed E-state index contributed by atoms with van der Waals surface area (Å²) in [5.74, 6) is -2.08. The minimum Gasteiger partial charge on any atom is -0.383 e. The minimum absolute atomic E-state index is 0.0349. The Kier molecular flexibility index (Phi) is 4.34. The molecular formula is C14H14F2N2OS. The topological polar surface area (TPSA) is 41.1 Å². The number of halogens is 2. The number of thiophene rings is 1. The standard InChI is InChI=1S/C14H14F2N2OS/c1-8-3-4-10(20-8)7-18-14(19)9-5-11(15)13(17-2)12(16)6-9/h3-6,17H,7H2,1-2H3,(H,18,19). The smallest absolute Gasteiger partial charge is 0.251 e. The highest BCUT2D eigenvalue weighted by Crippen LogP contribution is 2.20. The molecule has 1 aromatic heterocycles. The van der Waals surface area contributed by atoms with E-state index in [-0.39, 0.29) is 11.3 Å². The number of anilines is 1. The zero-order chi connectivity index (χ0) is 14.7. The van der Waals surface area contributed by atoms with Gasteiger partial charge in [-0.2, -0.15) is 0 Å². The molecule has 0 radical (unpaired) electrons. The van der Waals surface area contributed by atoms with Crippen molar-refractivity contribution in [2.45, 2.75) is 13.5 Å². The number of aryl methyl sites for hydroxylation is 1. The molecule has 0 atom stereocenters. The Morgan fingerprint density at radius 2 is 1.90 bits per heavy atom. The van der Waals surface area contributed by atoms with Crippen LogP contribution in [0.2, 0.25) is 0 Å². The summed E-state index contributed by atoms with van der Waals surface area (Å²) in [6.45, 7) is 2.31. The summed E-state index contributed by atoms with van der Waals surface area (Å²) in [6.07, 6.45) is 0. The molecule has 2 aromatic rings. The highest BCUT2D eigenvalue weighted by Gasteiger charge is 2.14. The van der Waals surface area contributed by atoms with Crippen molar-refractivity contribution in [2.75, 3.05) is 12.4 Å². The first-order valence-electron chi connectivity index (χ1n) is 6.01. The summed E-state index contributed by atoms with van der Waals surface area (Å²) in [6, 6.07) is 5.90. The van der Waals surface area contributed by atoms with Gasteiger partial charge in [0.15, 0.2) is 0 Å². The third kappa shape index (κ3) is 3.14. The fourth-order valence-electron chi connectivity index (χ4n) is 1.79.